The molecule has 1 atom stereocenters. The molecule has 0 aromatic heterocycles. The van der Waals surface area contributed by atoms with Gasteiger partial charge in [-0.3, -0.25) is 14.5 Å². The van der Waals surface area contributed by atoms with Gasteiger partial charge in [0.15, 0.2) is 5.78 Å². The largest absolute Gasteiger partial charge is 0.358 e. The number of amides is 1. The van der Waals surface area contributed by atoms with Gasteiger partial charge in [-0.25, -0.2) is 0 Å². The highest BCUT2D eigenvalue weighted by Gasteiger charge is 2.23. The van der Waals surface area contributed by atoms with Gasteiger partial charge in [0.25, 0.3) is 0 Å². The summed E-state index contributed by atoms with van der Waals surface area (Å²) < 4.78 is 0. The van der Waals surface area contributed by atoms with Crippen LogP contribution in [0.1, 0.15) is 41.8 Å². The van der Waals surface area contributed by atoms with Gasteiger partial charge in [-0.1, -0.05) is 19.1 Å². The van der Waals surface area contributed by atoms with Crippen LogP contribution < -0.4 is 5.32 Å². The van der Waals surface area contributed by atoms with Crippen LogP contribution in [0.15, 0.2) is 18.2 Å². The number of likely N-dealkylation sites (N-methyl/N-ethyl adjacent to an activating group) is 1. The number of aryl methyl sites for hydroxylation is 2. The lowest BCUT2D eigenvalue weighted by molar-refractivity contribution is -0.122. The van der Waals surface area contributed by atoms with Crippen molar-refractivity contribution in [3.05, 3.63) is 34.9 Å². The molecule has 0 aliphatic rings. The number of nitrogens with zero attached hydrogens (tertiary/aromatic N) is 1. The highest BCUT2D eigenvalue weighted by atomic mass is 16.2. The van der Waals surface area contributed by atoms with E-state index in [4.69, 9.17) is 0 Å². The second kappa shape index (κ2) is 7.93. The van der Waals surface area contributed by atoms with Crippen molar-refractivity contribution in [2.45, 2.75) is 40.2 Å². The summed E-state index contributed by atoms with van der Waals surface area (Å²) in [5.41, 5.74) is 3.00. The minimum absolute atomic E-state index is 0.0652. The summed E-state index contributed by atoms with van der Waals surface area (Å²) in [6, 6.07) is 5.46. The number of nitrogens with one attached hydrogen (secondary N) is 1. The fourth-order valence-electron chi connectivity index (χ4n) is 2.26. The summed E-state index contributed by atoms with van der Waals surface area (Å²) in [7, 11) is 1.61. The Hall–Kier alpha value is -1.68. The molecule has 1 aromatic rings. The number of rotatable bonds is 7. The molecule has 0 aliphatic heterocycles. The van der Waals surface area contributed by atoms with Gasteiger partial charge >= 0.3 is 0 Å². The van der Waals surface area contributed by atoms with Crippen LogP contribution in [-0.4, -0.2) is 42.8 Å². The van der Waals surface area contributed by atoms with E-state index in [2.05, 4.69) is 5.32 Å². The first-order chi connectivity index (χ1) is 9.90. The Morgan fingerprint density at radius 2 is 1.90 bits per heavy atom. The lowest BCUT2D eigenvalue weighted by Gasteiger charge is -2.27. The van der Waals surface area contributed by atoms with Crippen LogP contribution in [0.25, 0.3) is 0 Å². The molecule has 0 aliphatic carbocycles. The molecule has 1 amide bonds. The van der Waals surface area contributed by atoms with E-state index in [-0.39, 0.29) is 24.3 Å². The number of hydrogen-bond donors (Lipinski definition) is 1. The Morgan fingerprint density at radius 1 is 1.24 bits per heavy atom. The molecule has 4 heteroatoms. The Morgan fingerprint density at radius 3 is 2.43 bits per heavy atom. The zero-order chi connectivity index (χ0) is 16.0. The van der Waals surface area contributed by atoms with E-state index in [0.29, 0.717) is 5.56 Å². The number of benzene rings is 1. The molecule has 0 saturated heterocycles. The van der Waals surface area contributed by atoms with E-state index in [1.54, 1.807) is 7.05 Å². The van der Waals surface area contributed by atoms with Gasteiger partial charge < -0.3 is 5.32 Å². The second-order valence-corrected chi connectivity index (χ2v) is 5.48. The second-order valence-electron chi connectivity index (χ2n) is 5.48. The van der Waals surface area contributed by atoms with Crippen molar-refractivity contribution >= 4 is 11.7 Å². The van der Waals surface area contributed by atoms with Crippen molar-refractivity contribution in [3.8, 4) is 0 Å². The first kappa shape index (κ1) is 17.4. The highest BCUT2D eigenvalue weighted by Crippen LogP contribution is 2.14. The van der Waals surface area contributed by atoms with Crippen LogP contribution in [0.4, 0.5) is 0 Å². The first-order valence-corrected chi connectivity index (χ1v) is 7.46. The molecule has 116 valence electrons. The van der Waals surface area contributed by atoms with Crippen molar-refractivity contribution in [1.82, 2.24) is 10.2 Å². The summed E-state index contributed by atoms with van der Waals surface area (Å²) in [4.78, 5) is 26.1. The van der Waals surface area contributed by atoms with Crippen LogP contribution in [0, 0.1) is 13.8 Å². The summed E-state index contributed by atoms with van der Waals surface area (Å²) in [5.74, 6) is -0.00126. The van der Waals surface area contributed by atoms with Crippen LogP contribution in [-0.2, 0) is 4.79 Å². The molecular weight excluding hydrogens is 264 g/mol. The fourth-order valence-corrected chi connectivity index (χ4v) is 2.26. The topological polar surface area (TPSA) is 49.4 Å². The molecule has 21 heavy (non-hydrogen) atoms. The molecular formula is C17H26N2O2. The van der Waals surface area contributed by atoms with Crippen LogP contribution >= 0.6 is 0 Å². The van der Waals surface area contributed by atoms with Gasteiger partial charge in [-0.2, -0.15) is 0 Å². The standard InChI is InChI=1S/C17H26N2O2/c1-6-9-19(11-16(20)18-5)14(4)17(21)15-8-7-12(2)13(3)10-15/h7-8,10,14H,6,9,11H2,1-5H3,(H,18,20). The first-order valence-electron chi connectivity index (χ1n) is 7.46. The molecule has 1 rings (SSSR count). The van der Waals surface area contributed by atoms with Crippen molar-refractivity contribution < 1.29 is 9.59 Å². The summed E-state index contributed by atoms with van der Waals surface area (Å²) in [6.45, 7) is 8.93. The van der Waals surface area contributed by atoms with Crippen molar-refractivity contribution in [3.63, 3.8) is 0 Å². The third kappa shape index (κ3) is 4.67. The SMILES string of the molecule is CCCN(CC(=O)NC)C(C)C(=O)c1ccc(C)c(C)c1. The lowest BCUT2D eigenvalue weighted by atomic mass is 9.99. The molecule has 4 nitrogen and oxygen atoms in total. The zero-order valence-corrected chi connectivity index (χ0v) is 13.7. The van der Waals surface area contributed by atoms with Gasteiger partial charge in [-0.05, 0) is 50.9 Å². The van der Waals surface area contributed by atoms with Crippen molar-refractivity contribution in [2.24, 2.45) is 0 Å². The molecule has 0 fully saturated rings. The third-order valence-corrected chi connectivity index (χ3v) is 3.85. The Balaban J connectivity index is 2.90. The van der Waals surface area contributed by atoms with E-state index >= 15 is 0 Å². The molecule has 1 unspecified atom stereocenters. The maximum atomic E-state index is 12.6. The zero-order valence-electron chi connectivity index (χ0n) is 13.7. The molecule has 0 heterocycles. The Kier molecular flexibility index (Phi) is 6.56. The van der Waals surface area contributed by atoms with E-state index in [1.165, 1.54) is 5.56 Å². The van der Waals surface area contributed by atoms with Gasteiger partial charge in [0.2, 0.25) is 5.91 Å². The number of Topliss-reactive ketones (excluding diaryl/α,β-unsaturated/α-hetero) is 1. The molecule has 0 spiro atoms. The van der Waals surface area contributed by atoms with Gasteiger partial charge in [0, 0.05) is 12.6 Å². The quantitative estimate of drug-likeness (QED) is 0.784. The van der Waals surface area contributed by atoms with Crippen molar-refractivity contribution in [1.29, 1.82) is 0 Å². The van der Waals surface area contributed by atoms with E-state index in [9.17, 15) is 9.59 Å². The number of hydrogen-bond acceptors (Lipinski definition) is 3. The molecule has 0 saturated carbocycles. The van der Waals surface area contributed by atoms with Gasteiger partial charge in [-0.15, -0.1) is 0 Å². The average Bonchev–Trinajstić information content (AvgIpc) is 2.47. The number of carbonyl (C=O) groups is 2. The number of carbonyl (C=O) groups excluding carboxylic acids is 2. The normalized spacial score (nSPS) is 12.3. The predicted octanol–water partition coefficient (Wildman–Crippen LogP) is 2.33. The molecule has 1 aromatic carbocycles. The third-order valence-electron chi connectivity index (χ3n) is 3.85. The molecule has 0 radical (unpaired) electrons. The van der Waals surface area contributed by atoms with Crippen LogP contribution in [0.2, 0.25) is 0 Å². The maximum Gasteiger partial charge on any atom is 0.233 e. The van der Waals surface area contributed by atoms with Gasteiger partial charge in [0.1, 0.15) is 0 Å². The van der Waals surface area contributed by atoms with Crippen molar-refractivity contribution in [2.75, 3.05) is 20.1 Å². The van der Waals surface area contributed by atoms with Crippen LogP contribution in [0.5, 0.6) is 0 Å². The molecule has 1 N–H and O–H groups in total. The van der Waals surface area contributed by atoms with Crippen LogP contribution in [0.3, 0.4) is 0 Å². The fraction of sp³-hybridized carbons (Fsp3) is 0.529. The summed E-state index contributed by atoms with van der Waals surface area (Å²) in [5, 5.41) is 2.61. The minimum atomic E-state index is -0.302. The van der Waals surface area contributed by atoms with E-state index < -0.39 is 0 Å². The monoisotopic (exact) mass is 290 g/mol. The summed E-state index contributed by atoms with van der Waals surface area (Å²) in [6.07, 6.45) is 0.904. The maximum absolute atomic E-state index is 12.6. The van der Waals surface area contributed by atoms with Gasteiger partial charge in [0.05, 0.1) is 12.6 Å². The van der Waals surface area contributed by atoms with E-state index in [1.807, 2.05) is 50.8 Å². The number of ketones is 1. The lowest BCUT2D eigenvalue weighted by Crippen LogP contribution is -2.45. The minimum Gasteiger partial charge on any atom is -0.358 e. The predicted molar refractivity (Wildman–Crippen MR) is 85.6 cm³/mol. The Labute approximate surface area is 127 Å². The Bertz CT molecular complexity index is 512. The molecule has 0 bridgehead atoms. The van der Waals surface area contributed by atoms with E-state index in [0.717, 1.165) is 18.5 Å². The summed E-state index contributed by atoms with van der Waals surface area (Å²) >= 11 is 0. The smallest absolute Gasteiger partial charge is 0.233 e. The average molecular weight is 290 g/mol. The highest BCUT2D eigenvalue weighted by molar-refractivity contribution is 6.00.